The van der Waals surface area contributed by atoms with Crippen molar-refractivity contribution >= 4 is 23.0 Å². The minimum Gasteiger partial charge on any atom is -0.397 e. The van der Waals surface area contributed by atoms with Crippen LogP contribution < -0.4 is 11.1 Å². The molecular weight excluding hydrogens is 241 g/mol. The molecule has 0 unspecified atom stereocenters. The molecule has 1 aromatic carbocycles. The van der Waals surface area contributed by atoms with Crippen molar-refractivity contribution in [2.45, 2.75) is 19.0 Å². The van der Waals surface area contributed by atoms with E-state index in [1.165, 1.54) is 0 Å². The van der Waals surface area contributed by atoms with Gasteiger partial charge in [0.1, 0.15) is 0 Å². The van der Waals surface area contributed by atoms with Crippen molar-refractivity contribution in [3.63, 3.8) is 0 Å². The number of hydrogen-bond donors (Lipinski definition) is 2. The first kappa shape index (κ1) is 13.0. The molecule has 0 atom stereocenters. The summed E-state index contributed by atoms with van der Waals surface area (Å²) in [6, 6.07) is 4.82. The van der Waals surface area contributed by atoms with Gasteiger partial charge in [0, 0.05) is 18.0 Å². The van der Waals surface area contributed by atoms with Crippen LogP contribution in [0.5, 0.6) is 0 Å². The molecule has 0 bridgehead atoms. The third-order valence-electron chi connectivity index (χ3n) is 1.97. The van der Waals surface area contributed by atoms with E-state index in [-0.39, 0.29) is 13.0 Å². The van der Waals surface area contributed by atoms with Gasteiger partial charge >= 0.3 is 6.18 Å². The number of benzene rings is 1. The minimum absolute atomic E-state index is 0.0194. The highest BCUT2D eigenvalue weighted by Gasteiger charge is 2.25. The third-order valence-corrected chi connectivity index (χ3v) is 2.20. The van der Waals surface area contributed by atoms with E-state index in [0.717, 1.165) is 0 Å². The molecule has 0 radical (unpaired) electrons. The topological polar surface area (TPSA) is 38.0 Å². The standard InChI is InChI=1S/C10H12ClF3N2/c11-7-2-3-9(8(15)6-7)16-5-1-4-10(12,13)14/h2-3,6,16H,1,4-5,15H2. The van der Waals surface area contributed by atoms with Crippen molar-refractivity contribution in [2.24, 2.45) is 0 Å². The van der Waals surface area contributed by atoms with Crippen molar-refractivity contribution in [1.82, 2.24) is 0 Å². The summed E-state index contributed by atoms with van der Waals surface area (Å²) < 4.78 is 35.5. The lowest BCUT2D eigenvalue weighted by Gasteiger charge is -2.10. The van der Waals surface area contributed by atoms with Crippen molar-refractivity contribution in [2.75, 3.05) is 17.6 Å². The average Bonchev–Trinajstić information content (AvgIpc) is 2.13. The van der Waals surface area contributed by atoms with Gasteiger partial charge in [0.2, 0.25) is 0 Å². The number of nitrogen functional groups attached to an aromatic ring is 1. The smallest absolute Gasteiger partial charge is 0.389 e. The zero-order chi connectivity index (χ0) is 12.2. The number of anilines is 2. The average molecular weight is 253 g/mol. The molecule has 0 saturated heterocycles. The molecule has 0 saturated carbocycles. The first-order valence-electron chi connectivity index (χ1n) is 4.74. The van der Waals surface area contributed by atoms with Crippen LogP contribution in [0.2, 0.25) is 5.02 Å². The zero-order valence-corrected chi connectivity index (χ0v) is 9.20. The van der Waals surface area contributed by atoms with Crippen LogP contribution in [0.15, 0.2) is 18.2 Å². The van der Waals surface area contributed by atoms with Crippen LogP contribution >= 0.6 is 11.6 Å². The molecule has 0 heterocycles. The lowest BCUT2D eigenvalue weighted by molar-refractivity contribution is -0.134. The predicted molar refractivity (Wildman–Crippen MR) is 59.6 cm³/mol. The Hall–Kier alpha value is -1.10. The quantitative estimate of drug-likeness (QED) is 0.634. The Morgan fingerprint density at radius 2 is 2.00 bits per heavy atom. The van der Waals surface area contributed by atoms with E-state index < -0.39 is 12.6 Å². The summed E-state index contributed by atoms with van der Waals surface area (Å²) in [5.41, 5.74) is 6.65. The molecule has 0 aliphatic carbocycles. The van der Waals surface area contributed by atoms with E-state index in [4.69, 9.17) is 17.3 Å². The van der Waals surface area contributed by atoms with Crippen LogP contribution in [0, 0.1) is 0 Å². The monoisotopic (exact) mass is 252 g/mol. The molecule has 0 spiro atoms. The van der Waals surface area contributed by atoms with Gasteiger partial charge in [-0.25, -0.2) is 0 Å². The molecule has 0 aliphatic heterocycles. The molecule has 0 aliphatic rings. The Morgan fingerprint density at radius 3 is 2.56 bits per heavy atom. The molecule has 6 heteroatoms. The molecule has 0 amide bonds. The van der Waals surface area contributed by atoms with Gasteiger partial charge in [-0.3, -0.25) is 0 Å². The molecule has 0 aromatic heterocycles. The van der Waals surface area contributed by atoms with Gasteiger partial charge in [-0.15, -0.1) is 0 Å². The lowest BCUT2D eigenvalue weighted by Crippen LogP contribution is -2.11. The third kappa shape index (κ3) is 4.61. The van der Waals surface area contributed by atoms with E-state index in [0.29, 0.717) is 16.4 Å². The van der Waals surface area contributed by atoms with Crippen LogP contribution in [-0.4, -0.2) is 12.7 Å². The molecule has 16 heavy (non-hydrogen) atoms. The second kappa shape index (κ2) is 5.30. The fourth-order valence-electron chi connectivity index (χ4n) is 1.21. The molecular formula is C10H12ClF3N2. The van der Waals surface area contributed by atoms with Gasteiger partial charge in [-0.2, -0.15) is 13.2 Å². The van der Waals surface area contributed by atoms with Crippen LogP contribution in [0.25, 0.3) is 0 Å². The van der Waals surface area contributed by atoms with Crippen LogP contribution in [-0.2, 0) is 0 Å². The SMILES string of the molecule is Nc1cc(Cl)ccc1NCCCC(F)(F)F. The summed E-state index contributed by atoms with van der Waals surface area (Å²) >= 11 is 5.68. The summed E-state index contributed by atoms with van der Waals surface area (Å²) in [5, 5.41) is 3.33. The summed E-state index contributed by atoms with van der Waals surface area (Å²) in [6.45, 7) is 0.228. The van der Waals surface area contributed by atoms with Crippen LogP contribution in [0.3, 0.4) is 0 Å². The van der Waals surface area contributed by atoms with E-state index in [1.807, 2.05) is 0 Å². The summed E-state index contributed by atoms with van der Waals surface area (Å²) in [7, 11) is 0. The molecule has 2 nitrogen and oxygen atoms in total. The number of halogens is 4. The largest absolute Gasteiger partial charge is 0.397 e. The first-order chi connectivity index (χ1) is 7.38. The number of alkyl halides is 3. The highest BCUT2D eigenvalue weighted by atomic mass is 35.5. The van der Waals surface area contributed by atoms with Crippen molar-refractivity contribution in [3.8, 4) is 0 Å². The molecule has 1 rings (SSSR count). The van der Waals surface area contributed by atoms with E-state index in [9.17, 15) is 13.2 Å². The van der Waals surface area contributed by atoms with Crippen molar-refractivity contribution in [3.05, 3.63) is 23.2 Å². The fourth-order valence-corrected chi connectivity index (χ4v) is 1.39. The van der Waals surface area contributed by atoms with Gasteiger partial charge < -0.3 is 11.1 Å². The minimum atomic E-state index is -4.10. The summed E-state index contributed by atoms with van der Waals surface area (Å²) in [4.78, 5) is 0. The highest BCUT2D eigenvalue weighted by molar-refractivity contribution is 6.31. The van der Waals surface area contributed by atoms with Crippen LogP contribution in [0.4, 0.5) is 24.5 Å². The van der Waals surface area contributed by atoms with Crippen LogP contribution in [0.1, 0.15) is 12.8 Å². The van der Waals surface area contributed by atoms with Gasteiger partial charge in [-0.05, 0) is 24.6 Å². The Bertz CT molecular complexity index is 352. The Morgan fingerprint density at radius 1 is 1.31 bits per heavy atom. The molecule has 3 N–H and O–H groups in total. The van der Waals surface area contributed by atoms with E-state index in [1.54, 1.807) is 18.2 Å². The fraction of sp³-hybridized carbons (Fsp3) is 0.400. The normalized spacial score (nSPS) is 11.5. The highest BCUT2D eigenvalue weighted by Crippen LogP contribution is 2.24. The molecule has 1 aromatic rings. The predicted octanol–water partition coefficient (Wildman–Crippen LogP) is 3.68. The van der Waals surface area contributed by atoms with E-state index >= 15 is 0 Å². The number of nitrogens with two attached hydrogens (primary N) is 1. The molecule has 90 valence electrons. The summed E-state index contributed by atoms with van der Waals surface area (Å²) in [6.07, 6.45) is -4.88. The van der Waals surface area contributed by atoms with Crippen molar-refractivity contribution in [1.29, 1.82) is 0 Å². The summed E-state index contributed by atoms with van der Waals surface area (Å²) in [5.74, 6) is 0. The Kier molecular flexibility index (Phi) is 4.29. The van der Waals surface area contributed by atoms with Gasteiger partial charge in [-0.1, -0.05) is 11.6 Å². The van der Waals surface area contributed by atoms with Crippen molar-refractivity contribution < 1.29 is 13.2 Å². The first-order valence-corrected chi connectivity index (χ1v) is 5.12. The zero-order valence-electron chi connectivity index (χ0n) is 8.44. The maximum atomic E-state index is 11.8. The second-order valence-corrected chi connectivity index (χ2v) is 3.81. The second-order valence-electron chi connectivity index (χ2n) is 3.38. The number of hydrogen-bond acceptors (Lipinski definition) is 2. The lowest BCUT2D eigenvalue weighted by atomic mass is 10.2. The van der Waals surface area contributed by atoms with Gasteiger partial charge in [0.05, 0.1) is 11.4 Å². The maximum absolute atomic E-state index is 11.8. The maximum Gasteiger partial charge on any atom is 0.389 e. The van der Waals surface area contributed by atoms with E-state index in [2.05, 4.69) is 5.32 Å². The Balaban J connectivity index is 2.38. The van der Waals surface area contributed by atoms with Gasteiger partial charge in [0.15, 0.2) is 0 Å². The van der Waals surface area contributed by atoms with Gasteiger partial charge in [0.25, 0.3) is 0 Å². The molecule has 0 fully saturated rings. The number of rotatable bonds is 4. The number of nitrogens with one attached hydrogen (secondary N) is 1. The Labute approximate surface area is 96.6 Å².